The van der Waals surface area contributed by atoms with Gasteiger partial charge in [-0.15, -0.1) is 0 Å². The minimum absolute atomic E-state index is 0.0310. The minimum atomic E-state index is -0.469. The molecule has 0 radical (unpaired) electrons. The number of nitrogens with one attached hydrogen (secondary N) is 1. The Morgan fingerprint density at radius 3 is 2.33 bits per heavy atom. The third kappa shape index (κ3) is 4.93. The fourth-order valence-corrected chi connectivity index (χ4v) is 2.03. The quantitative estimate of drug-likeness (QED) is 0.836. The molecule has 5 nitrogen and oxygen atoms in total. The van der Waals surface area contributed by atoms with Crippen LogP contribution in [0.3, 0.4) is 0 Å². The summed E-state index contributed by atoms with van der Waals surface area (Å²) in [6, 6.07) is 5.68. The van der Waals surface area contributed by atoms with Crippen molar-refractivity contribution in [2.75, 3.05) is 34.9 Å². The summed E-state index contributed by atoms with van der Waals surface area (Å²) >= 11 is 0. The molecular formula is C16H26N2O3. The molecular weight excluding hydrogens is 268 g/mol. The van der Waals surface area contributed by atoms with Crippen molar-refractivity contribution in [2.45, 2.75) is 25.8 Å². The number of carbonyl (C=O) groups excluding carboxylic acids is 1. The van der Waals surface area contributed by atoms with Crippen molar-refractivity contribution in [3.63, 3.8) is 0 Å². The van der Waals surface area contributed by atoms with Crippen LogP contribution in [-0.4, -0.2) is 45.7 Å². The van der Waals surface area contributed by atoms with E-state index in [-0.39, 0.29) is 5.91 Å². The molecule has 5 heteroatoms. The number of hydrogen-bond donors (Lipinski definition) is 1. The Hall–Kier alpha value is -1.75. The van der Waals surface area contributed by atoms with Crippen molar-refractivity contribution in [2.24, 2.45) is 0 Å². The van der Waals surface area contributed by atoms with Gasteiger partial charge in [0.25, 0.3) is 0 Å². The highest BCUT2D eigenvalue weighted by Crippen LogP contribution is 2.32. The smallest absolute Gasteiger partial charge is 0.221 e. The number of hydrogen-bond acceptors (Lipinski definition) is 4. The van der Waals surface area contributed by atoms with E-state index in [2.05, 4.69) is 5.32 Å². The molecule has 0 atom stereocenters. The fraction of sp³-hybridized carbons (Fsp3) is 0.562. The van der Waals surface area contributed by atoms with Crippen molar-refractivity contribution in [3.05, 3.63) is 23.8 Å². The molecule has 1 rings (SSSR count). The molecule has 0 bridgehead atoms. The maximum Gasteiger partial charge on any atom is 0.221 e. The predicted molar refractivity (Wildman–Crippen MR) is 83.9 cm³/mol. The van der Waals surface area contributed by atoms with Gasteiger partial charge < -0.3 is 19.7 Å². The van der Waals surface area contributed by atoms with Gasteiger partial charge in [-0.25, -0.2) is 0 Å². The first-order chi connectivity index (χ1) is 9.80. The van der Waals surface area contributed by atoms with E-state index in [0.717, 1.165) is 12.1 Å². The van der Waals surface area contributed by atoms with Gasteiger partial charge in [-0.1, -0.05) is 6.07 Å². The second kappa shape index (κ2) is 7.31. The maximum atomic E-state index is 12.0. The van der Waals surface area contributed by atoms with Gasteiger partial charge in [0.15, 0.2) is 11.5 Å². The molecule has 0 aromatic heterocycles. The SMILES string of the molecule is COc1ccc(C(C)(C)NC(=O)CCN(C)C)cc1OC. The van der Waals surface area contributed by atoms with E-state index in [0.29, 0.717) is 17.9 Å². The maximum absolute atomic E-state index is 12.0. The van der Waals surface area contributed by atoms with Crippen molar-refractivity contribution in [1.29, 1.82) is 0 Å². The monoisotopic (exact) mass is 294 g/mol. The van der Waals surface area contributed by atoms with Gasteiger partial charge in [0.2, 0.25) is 5.91 Å². The van der Waals surface area contributed by atoms with Gasteiger partial charge in [-0.05, 0) is 45.6 Å². The molecule has 0 unspecified atom stereocenters. The number of nitrogens with zero attached hydrogens (tertiary/aromatic N) is 1. The lowest BCUT2D eigenvalue weighted by Crippen LogP contribution is -2.41. The fourth-order valence-electron chi connectivity index (χ4n) is 2.03. The molecule has 0 heterocycles. The van der Waals surface area contributed by atoms with Crippen LogP contribution in [0.4, 0.5) is 0 Å². The largest absolute Gasteiger partial charge is 0.493 e. The Morgan fingerprint density at radius 2 is 1.81 bits per heavy atom. The van der Waals surface area contributed by atoms with Crippen molar-refractivity contribution in [3.8, 4) is 11.5 Å². The topological polar surface area (TPSA) is 50.8 Å². The zero-order valence-corrected chi connectivity index (χ0v) is 13.8. The Labute approximate surface area is 127 Å². The lowest BCUT2D eigenvalue weighted by Gasteiger charge is -2.28. The second-order valence-corrected chi connectivity index (χ2v) is 5.80. The first kappa shape index (κ1) is 17.3. The van der Waals surface area contributed by atoms with E-state index < -0.39 is 5.54 Å². The van der Waals surface area contributed by atoms with E-state index in [1.54, 1.807) is 14.2 Å². The van der Waals surface area contributed by atoms with Crippen LogP contribution < -0.4 is 14.8 Å². The van der Waals surface area contributed by atoms with Crippen molar-refractivity contribution in [1.82, 2.24) is 10.2 Å². The lowest BCUT2D eigenvalue weighted by molar-refractivity contribution is -0.123. The first-order valence-electron chi connectivity index (χ1n) is 6.98. The third-order valence-electron chi connectivity index (χ3n) is 3.34. The Bertz CT molecular complexity index is 484. The van der Waals surface area contributed by atoms with Crippen LogP contribution in [0.2, 0.25) is 0 Å². The summed E-state index contributed by atoms with van der Waals surface area (Å²) in [7, 11) is 7.11. The lowest BCUT2D eigenvalue weighted by atomic mass is 9.93. The highest BCUT2D eigenvalue weighted by molar-refractivity contribution is 5.77. The van der Waals surface area contributed by atoms with E-state index >= 15 is 0 Å². The molecule has 1 amide bonds. The molecule has 0 aliphatic heterocycles. The van der Waals surface area contributed by atoms with Gasteiger partial charge in [-0.3, -0.25) is 4.79 Å². The molecule has 1 N–H and O–H groups in total. The zero-order valence-electron chi connectivity index (χ0n) is 13.8. The summed E-state index contributed by atoms with van der Waals surface area (Å²) < 4.78 is 10.5. The van der Waals surface area contributed by atoms with Crippen LogP contribution in [0, 0.1) is 0 Å². The van der Waals surface area contributed by atoms with Gasteiger partial charge in [0, 0.05) is 13.0 Å². The number of ether oxygens (including phenoxy) is 2. The first-order valence-corrected chi connectivity index (χ1v) is 6.98. The number of benzene rings is 1. The Kier molecular flexibility index (Phi) is 6.03. The predicted octanol–water partition coefficient (Wildman–Crippen LogP) is 2.01. The summed E-state index contributed by atoms with van der Waals surface area (Å²) in [6.07, 6.45) is 0.476. The number of rotatable bonds is 7. The molecule has 118 valence electrons. The minimum Gasteiger partial charge on any atom is -0.493 e. The summed E-state index contributed by atoms with van der Waals surface area (Å²) in [6.45, 7) is 4.68. The van der Waals surface area contributed by atoms with Crippen molar-refractivity contribution >= 4 is 5.91 Å². The molecule has 0 aliphatic rings. The standard InChI is InChI=1S/C16H26N2O3/c1-16(2,17-15(19)9-10-18(3)4)12-7-8-13(20-5)14(11-12)21-6/h7-8,11H,9-10H2,1-6H3,(H,17,19). The average molecular weight is 294 g/mol. The van der Waals surface area contributed by atoms with Crippen LogP contribution >= 0.6 is 0 Å². The van der Waals surface area contributed by atoms with Crippen LogP contribution in [0.25, 0.3) is 0 Å². The summed E-state index contributed by atoms with van der Waals surface area (Å²) in [5, 5.41) is 3.05. The van der Waals surface area contributed by atoms with E-state index in [1.165, 1.54) is 0 Å². The van der Waals surface area contributed by atoms with Crippen molar-refractivity contribution < 1.29 is 14.3 Å². The molecule has 0 spiro atoms. The van der Waals surface area contributed by atoms with E-state index in [9.17, 15) is 4.79 Å². The van der Waals surface area contributed by atoms with Crippen LogP contribution in [0.1, 0.15) is 25.8 Å². The third-order valence-corrected chi connectivity index (χ3v) is 3.34. The molecule has 1 aromatic rings. The summed E-state index contributed by atoms with van der Waals surface area (Å²) in [5.74, 6) is 1.37. The second-order valence-electron chi connectivity index (χ2n) is 5.80. The number of amides is 1. The highest BCUT2D eigenvalue weighted by Gasteiger charge is 2.24. The van der Waals surface area contributed by atoms with Crippen LogP contribution in [0.5, 0.6) is 11.5 Å². The molecule has 1 aromatic carbocycles. The number of carbonyl (C=O) groups is 1. The Balaban J connectivity index is 2.84. The van der Waals surface area contributed by atoms with Gasteiger partial charge in [-0.2, -0.15) is 0 Å². The van der Waals surface area contributed by atoms with Gasteiger partial charge in [0.05, 0.1) is 19.8 Å². The van der Waals surface area contributed by atoms with Gasteiger partial charge >= 0.3 is 0 Å². The molecule has 0 aliphatic carbocycles. The molecule has 0 fully saturated rings. The van der Waals surface area contributed by atoms with Crippen LogP contribution in [0.15, 0.2) is 18.2 Å². The zero-order chi connectivity index (χ0) is 16.0. The van der Waals surface area contributed by atoms with E-state index in [1.807, 2.05) is 51.0 Å². The highest BCUT2D eigenvalue weighted by atomic mass is 16.5. The Morgan fingerprint density at radius 1 is 1.19 bits per heavy atom. The van der Waals surface area contributed by atoms with Crippen LogP contribution in [-0.2, 0) is 10.3 Å². The molecule has 21 heavy (non-hydrogen) atoms. The summed E-state index contributed by atoms with van der Waals surface area (Å²) in [4.78, 5) is 14.0. The average Bonchev–Trinajstić information content (AvgIpc) is 2.43. The molecule has 0 saturated heterocycles. The van der Waals surface area contributed by atoms with Gasteiger partial charge in [0.1, 0.15) is 0 Å². The number of methoxy groups -OCH3 is 2. The summed E-state index contributed by atoms with van der Waals surface area (Å²) in [5.41, 5.74) is 0.501. The van der Waals surface area contributed by atoms with E-state index in [4.69, 9.17) is 9.47 Å². The molecule has 0 saturated carbocycles. The normalized spacial score (nSPS) is 11.4.